The summed E-state index contributed by atoms with van der Waals surface area (Å²) in [5, 5.41) is 2.65. The number of benzene rings is 1. The van der Waals surface area contributed by atoms with Gasteiger partial charge >= 0.3 is 0 Å². The molecule has 7 nitrogen and oxygen atoms in total. The third-order valence-corrected chi connectivity index (χ3v) is 3.66. The van der Waals surface area contributed by atoms with E-state index in [2.05, 4.69) is 5.32 Å². The summed E-state index contributed by atoms with van der Waals surface area (Å²) in [4.78, 5) is 25.5. The fourth-order valence-electron chi connectivity index (χ4n) is 2.31. The number of carbonyl (C=O) groups is 2. The molecule has 0 aliphatic carbocycles. The number of methoxy groups -OCH3 is 2. The molecule has 2 amide bonds. The summed E-state index contributed by atoms with van der Waals surface area (Å²) in [6.45, 7) is 0.681. The van der Waals surface area contributed by atoms with Gasteiger partial charge in [-0.2, -0.15) is 0 Å². The van der Waals surface area contributed by atoms with Crippen molar-refractivity contribution < 1.29 is 23.5 Å². The molecule has 0 spiro atoms. The molecule has 1 heterocycles. The highest BCUT2D eigenvalue weighted by atomic mass is 16.5. The number of furan rings is 1. The van der Waals surface area contributed by atoms with Gasteiger partial charge in [-0.3, -0.25) is 9.59 Å². The van der Waals surface area contributed by atoms with E-state index in [-0.39, 0.29) is 30.5 Å². The fraction of sp³-hybridized carbons (Fsp3) is 0.333. The average Bonchev–Trinajstić information content (AvgIpc) is 3.16. The van der Waals surface area contributed by atoms with Crippen molar-refractivity contribution in [3.63, 3.8) is 0 Å². The maximum atomic E-state index is 12.2. The van der Waals surface area contributed by atoms with Crippen LogP contribution in [0.15, 0.2) is 41.0 Å². The molecular formula is C18H22N2O5. The van der Waals surface area contributed by atoms with E-state index in [9.17, 15) is 9.59 Å². The molecule has 7 heteroatoms. The van der Waals surface area contributed by atoms with Gasteiger partial charge in [0.2, 0.25) is 5.91 Å². The Morgan fingerprint density at radius 3 is 2.56 bits per heavy atom. The summed E-state index contributed by atoms with van der Waals surface area (Å²) in [5.41, 5.74) is 0.924. The Kier molecular flexibility index (Phi) is 6.45. The first-order valence-electron chi connectivity index (χ1n) is 7.81. The summed E-state index contributed by atoms with van der Waals surface area (Å²) in [7, 11) is 4.86. The predicted octanol–water partition coefficient (Wildman–Crippen LogP) is 2.08. The molecule has 1 N–H and O–H groups in total. The van der Waals surface area contributed by atoms with Gasteiger partial charge in [0.25, 0.3) is 5.91 Å². The van der Waals surface area contributed by atoms with Crippen molar-refractivity contribution in [2.45, 2.75) is 13.0 Å². The van der Waals surface area contributed by atoms with Crippen molar-refractivity contribution in [3.8, 4) is 11.5 Å². The van der Waals surface area contributed by atoms with Gasteiger partial charge in [-0.25, -0.2) is 0 Å². The van der Waals surface area contributed by atoms with Crippen LogP contribution in [0.2, 0.25) is 0 Å². The number of hydrogen-bond donors (Lipinski definition) is 1. The summed E-state index contributed by atoms with van der Waals surface area (Å²) >= 11 is 0. The number of nitrogens with zero attached hydrogens (tertiary/aromatic N) is 1. The summed E-state index contributed by atoms with van der Waals surface area (Å²) in [5.74, 6) is 1.08. The molecule has 0 aliphatic heterocycles. The molecule has 25 heavy (non-hydrogen) atoms. The van der Waals surface area contributed by atoms with Crippen LogP contribution in [0.4, 0.5) is 0 Å². The smallest absolute Gasteiger partial charge is 0.286 e. The molecule has 0 radical (unpaired) electrons. The van der Waals surface area contributed by atoms with Crippen LogP contribution < -0.4 is 14.8 Å². The van der Waals surface area contributed by atoms with Crippen LogP contribution in [0.25, 0.3) is 0 Å². The van der Waals surface area contributed by atoms with E-state index in [4.69, 9.17) is 13.9 Å². The van der Waals surface area contributed by atoms with Crippen LogP contribution in [-0.4, -0.2) is 44.5 Å². The Hall–Kier alpha value is -2.96. The monoisotopic (exact) mass is 346 g/mol. The van der Waals surface area contributed by atoms with E-state index in [1.54, 1.807) is 44.4 Å². The minimum Gasteiger partial charge on any atom is -0.493 e. The molecule has 2 rings (SSSR count). The van der Waals surface area contributed by atoms with Gasteiger partial charge in [0.15, 0.2) is 17.3 Å². The Morgan fingerprint density at radius 1 is 1.16 bits per heavy atom. The molecule has 1 aromatic carbocycles. The molecule has 0 saturated carbocycles. The molecule has 0 saturated heterocycles. The topological polar surface area (TPSA) is 81.0 Å². The molecular weight excluding hydrogens is 324 g/mol. The van der Waals surface area contributed by atoms with Gasteiger partial charge in [0.1, 0.15) is 0 Å². The van der Waals surface area contributed by atoms with E-state index in [1.165, 1.54) is 6.26 Å². The highest BCUT2D eigenvalue weighted by molar-refractivity contribution is 5.91. The lowest BCUT2D eigenvalue weighted by Crippen LogP contribution is -2.31. The van der Waals surface area contributed by atoms with Crippen LogP contribution in [-0.2, 0) is 11.3 Å². The van der Waals surface area contributed by atoms with Gasteiger partial charge in [-0.15, -0.1) is 0 Å². The van der Waals surface area contributed by atoms with E-state index in [0.29, 0.717) is 18.0 Å². The van der Waals surface area contributed by atoms with Crippen LogP contribution in [0, 0.1) is 0 Å². The van der Waals surface area contributed by atoms with Gasteiger partial charge in [-0.05, 0) is 29.8 Å². The number of nitrogens with one attached hydrogen (secondary N) is 1. The zero-order valence-corrected chi connectivity index (χ0v) is 14.6. The molecule has 1 aromatic heterocycles. The van der Waals surface area contributed by atoms with Crippen LogP contribution in [0.5, 0.6) is 11.5 Å². The third kappa shape index (κ3) is 5.00. The Morgan fingerprint density at radius 2 is 1.92 bits per heavy atom. The molecule has 0 aliphatic rings. The number of ether oxygens (including phenoxy) is 2. The maximum absolute atomic E-state index is 12.2. The first kappa shape index (κ1) is 18.4. The zero-order chi connectivity index (χ0) is 18.2. The third-order valence-electron chi connectivity index (χ3n) is 3.66. The largest absolute Gasteiger partial charge is 0.493 e. The highest BCUT2D eigenvalue weighted by Gasteiger charge is 2.13. The standard InChI is InChI=1S/C18H22N2O5/c1-20(12-13-6-7-14(23-2)16(11-13)24-3)17(21)8-9-19-18(22)15-5-4-10-25-15/h4-7,10-11H,8-9,12H2,1-3H3,(H,19,22). The zero-order valence-electron chi connectivity index (χ0n) is 14.6. The van der Waals surface area contributed by atoms with Crippen LogP contribution >= 0.6 is 0 Å². The molecule has 0 unspecified atom stereocenters. The molecule has 0 fully saturated rings. The van der Waals surface area contributed by atoms with Gasteiger partial charge in [0, 0.05) is 26.6 Å². The first-order chi connectivity index (χ1) is 12.0. The lowest BCUT2D eigenvalue weighted by atomic mass is 10.2. The van der Waals surface area contributed by atoms with E-state index < -0.39 is 0 Å². The molecule has 134 valence electrons. The number of carbonyl (C=O) groups excluding carboxylic acids is 2. The normalized spacial score (nSPS) is 10.2. The number of rotatable bonds is 8. The van der Waals surface area contributed by atoms with Crippen LogP contribution in [0.1, 0.15) is 22.5 Å². The first-order valence-corrected chi connectivity index (χ1v) is 7.81. The number of hydrogen-bond acceptors (Lipinski definition) is 5. The Balaban J connectivity index is 1.83. The Labute approximate surface area is 146 Å². The van der Waals surface area contributed by atoms with Crippen molar-refractivity contribution >= 4 is 11.8 Å². The quantitative estimate of drug-likeness (QED) is 0.791. The molecule has 0 atom stereocenters. The van der Waals surface area contributed by atoms with Gasteiger partial charge in [0.05, 0.1) is 20.5 Å². The number of amides is 2. The minimum absolute atomic E-state index is 0.0745. The Bertz CT molecular complexity index is 712. The minimum atomic E-state index is -0.333. The van der Waals surface area contributed by atoms with Crippen molar-refractivity contribution in [2.75, 3.05) is 27.8 Å². The lowest BCUT2D eigenvalue weighted by Gasteiger charge is -2.18. The second-order valence-corrected chi connectivity index (χ2v) is 5.42. The lowest BCUT2D eigenvalue weighted by molar-refractivity contribution is -0.130. The van der Waals surface area contributed by atoms with Crippen molar-refractivity contribution in [2.24, 2.45) is 0 Å². The fourth-order valence-corrected chi connectivity index (χ4v) is 2.31. The average molecular weight is 346 g/mol. The van der Waals surface area contributed by atoms with Crippen molar-refractivity contribution in [3.05, 3.63) is 47.9 Å². The second kappa shape index (κ2) is 8.77. The molecule has 2 aromatic rings. The second-order valence-electron chi connectivity index (χ2n) is 5.42. The summed E-state index contributed by atoms with van der Waals surface area (Å²) in [6.07, 6.45) is 1.63. The summed E-state index contributed by atoms with van der Waals surface area (Å²) in [6, 6.07) is 8.72. The summed E-state index contributed by atoms with van der Waals surface area (Å²) < 4.78 is 15.4. The van der Waals surface area contributed by atoms with Gasteiger partial charge in [-0.1, -0.05) is 6.07 Å². The highest BCUT2D eigenvalue weighted by Crippen LogP contribution is 2.27. The predicted molar refractivity (Wildman–Crippen MR) is 91.7 cm³/mol. The molecule has 0 bridgehead atoms. The SMILES string of the molecule is COc1ccc(CN(C)C(=O)CCNC(=O)c2ccco2)cc1OC. The van der Waals surface area contributed by atoms with E-state index >= 15 is 0 Å². The van der Waals surface area contributed by atoms with E-state index in [0.717, 1.165) is 5.56 Å². The van der Waals surface area contributed by atoms with Crippen molar-refractivity contribution in [1.82, 2.24) is 10.2 Å². The van der Waals surface area contributed by atoms with Gasteiger partial charge < -0.3 is 24.1 Å². The van der Waals surface area contributed by atoms with Crippen LogP contribution in [0.3, 0.4) is 0 Å². The van der Waals surface area contributed by atoms with Crippen molar-refractivity contribution in [1.29, 1.82) is 0 Å². The maximum Gasteiger partial charge on any atom is 0.286 e. The van der Waals surface area contributed by atoms with E-state index in [1.807, 2.05) is 12.1 Å².